The maximum Gasteiger partial charge on any atom is 0.327 e. The number of alkyl halides is 1. The molecule has 2 bridgehead atoms. The van der Waals surface area contributed by atoms with E-state index < -0.39 is 11.6 Å². The molecule has 3 fully saturated rings. The number of aromatic amines is 1. The van der Waals surface area contributed by atoms with E-state index in [9.17, 15) is 9.18 Å². The van der Waals surface area contributed by atoms with Crippen molar-refractivity contribution in [2.24, 2.45) is 10.8 Å². The van der Waals surface area contributed by atoms with Crippen molar-refractivity contribution < 1.29 is 14.3 Å². The fourth-order valence-corrected chi connectivity index (χ4v) is 6.51. The second kappa shape index (κ2) is 5.94. The predicted octanol–water partition coefficient (Wildman–Crippen LogP) is 5.01. The van der Waals surface area contributed by atoms with Crippen LogP contribution in [0.2, 0.25) is 0 Å². The molecule has 6 rings (SSSR count). The quantitative estimate of drug-likeness (QED) is 0.698. The summed E-state index contributed by atoms with van der Waals surface area (Å²) in [5.74, 6) is -0.881. The number of allylic oxidation sites excluding steroid dienone is 1. The van der Waals surface area contributed by atoms with Gasteiger partial charge in [0.2, 0.25) is 0 Å². The molecule has 1 aromatic heterocycles. The summed E-state index contributed by atoms with van der Waals surface area (Å²) >= 11 is 0. The Morgan fingerprint density at radius 1 is 1.34 bits per heavy atom. The van der Waals surface area contributed by atoms with E-state index in [0.29, 0.717) is 6.54 Å². The Morgan fingerprint density at radius 3 is 2.69 bits per heavy atom. The van der Waals surface area contributed by atoms with Crippen LogP contribution < -0.4 is 0 Å². The van der Waals surface area contributed by atoms with Crippen molar-refractivity contribution >= 4 is 16.9 Å². The highest BCUT2D eigenvalue weighted by Gasteiger charge is 2.71. The zero-order valence-electron chi connectivity index (χ0n) is 17.3. The van der Waals surface area contributed by atoms with Crippen molar-refractivity contribution in [1.82, 2.24) is 9.88 Å². The fraction of sp³-hybridized carbons (Fsp3) is 0.542. The van der Waals surface area contributed by atoms with Crippen LogP contribution in [0.4, 0.5) is 4.39 Å². The number of para-hydroxylation sites is 1. The largest absolute Gasteiger partial charge is 0.478 e. The van der Waals surface area contributed by atoms with Gasteiger partial charge in [-0.05, 0) is 68.9 Å². The van der Waals surface area contributed by atoms with Gasteiger partial charge in [0.1, 0.15) is 5.67 Å². The molecular weight excluding hydrogens is 367 g/mol. The number of H-pyrrole nitrogens is 1. The third kappa shape index (κ3) is 2.85. The van der Waals surface area contributed by atoms with Crippen LogP contribution in [-0.2, 0) is 11.2 Å². The molecule has 0 amide bonds. The smallest absolute Gasteiger partial charge is 0.327 e. The first-order chi connectivity index (χ1) is 13.6. The van der Waals surface area contributed by atoms with E-state index in [2.05, 4.69) is 41.1 Å². The van der Waals surface area contributed by atoms with E-state index in [-0.39, 0.29) is 22.9 Å². The molecule has 2 N–H and O–H groups in total. The molecule has 1 aliphatic heterocycles. The van der Waals surface area contributed by atoms with Crippen LogP contribution in [0.1, 0.15) is 57.3 Å². The van der Waals surface area contributed by atoms with Gasteiger partial charge < -0.3 is 10.1 Å². The number of rotatable bonds is 5. The Labute approximate surface area is 170 Å². The number of hydrogen-bond donors (Lipinski definition) is 2. The van der Waals surface area contributed by atoms with E-state index in [1.807, 2.05) is 6.08 Å². The molecule has 3 saturated carbocycles. The highest BCUT2D eigenvalue weighted by molar-refractivity contribution is 5.85. The van der Waals surface area contributed by atoms with E-state index in [1.165, 1.54) is 22.7 Å². The van der Waals surface area contributed by atoms with Crippen LogP contribution in [0.15, 0.2) is 36.4 Å². The molecule has 0 radical (unpaired) electrons. The minimum absolute atomic E-state index is 0.0299. The van der Waals surface area contributed by atoms with Crippen LogP contribution in [0, 0.1) is 10.8 Å². The first-order valence-electron chi connectivity index (χ1n) is 10.6. The molecular formula is C24H29FN2O2. The van der Waals surface area contributed by atoms with Gasteiger partial charge in [0.05, 0.1) is 6.04 Å². The molecule has 3 aliphatic carbocycles. The van der Waals surface area contributed by atoms with E-state index in [0.717, 1.165) is 31.2 Å². The number of aliphatic carboxylic acids is 1. The van der Waals surface area contributed by atoms with Gasteiger partial charge in [0.25, 0.3) is 0 Å². The number of carbonyl (C=O) groups is 1. The molecule has 0 spiro atoms. The Kier molecular flexibility index (Phi) is 3.86. The maximum absolute atomic E-state index is 14.8. The molecule has 2 aromatic rings. The van der Waals surface area contributed by atoms with Crippen molar-refractivity contribution in [2.75, 3.05) is 6.54 Å². The number of halogens is 1. The van der Waals surface area contributed by atoms with Crippen molar-refractivity contribution in [3.63, 3.8) is 0 Å². The highest BCUT2D eigenvalue weighted by Crippen LogP contribution is 2.79. The van der Waals surface area contributed by atoms with Gasteiger partial charge >= 0.3 is 5.97 Å². The summed E-state index contributed by atoms with van der Waals surface area (Å²) in [5.41, 5.74) is 2.67. The second-order valence-electron chi connectivity index (χ2n) is 10.3. The number of nitrogens with one attached hydrogen (secondary N) is 1. The first kappa shape index (κ1) is 18.9. The Morgan fingerprint density at radius 2 is 2.03 bits per heavy atom. The monoisotopic (exact) mass is 396 g/mol. The molecule has 1 aromatic carbocycles. The average molecular weight is 397 g/mol. The topological polar surface area (TPSA) is 56.3 Å². The summed E-state index contributed by atoms with van der Waals surface area (Å²) in [4.78, 5) is 17.0. The lowest BCUT2D eigenvalue weighted by molar-refractivity contribution is -0.224. The Balaban J connectivity index is 1.55. The third-order valence-corrected chi connectivity index (χ3v) is 7.35. The SMILES string of the molecule is C[C@@H]1Cc2c([nH]c3ccccc23)C(C23CC(/C=C/C(=O)O)(C2)C3)N1CC(C)(C)F. The lowest BCUT2D eigenvalue weighted by Crippen LogP contribution is -2.68. The van der Waals surface area contributed by atoms with Crippen LogP contribution >= 0.6 is 0 Å². The second-order valence-corrected chi connectivity index (χ2v) is 10.3. The molecule has 154 valence electrons. The number of benzene rings is 1. The summed E-state index contributed by atoms with van der Waals surface area (Å²) in [6, 6.07) is 8.86. The molecule has 1 unspecified atom stereocenters. The summed E-state index contributed by atoms with van der Waals surface area (Å²) in [5, 5.41) is 10.3. The highest BCUT2D eigenvalue weighted by atomic mass is 19.1. The molecule has 2 heterocycles. The van der Waals surface area contributed by atoms with Gasteiger partial charge in [0, 0.05) is 35.3 Å². The number of carboxylic acid groups (broad SMARTS) is 1. The molecule has 0 saturated heterocycles. The molecule has 4 nitrogen and oxygen atoms in total. The zero-order chi connectivity index (χ0) is 20.6. The van der Waals surface area contributed by atoms with Crippen LogP contribution in [0.25, 0.3) is 10.9 Å². The van der Waals surface area contributed by atoms with Crippen molar-refractivity contribution in [2.45, 2.75) is 64.2 Å². The Bertz CT molecular complexity index is 996. The third-order valence-electron chi connectivity index (χ3n) is 7.35. The number of nitrogens with zero attached hydrogens (tertiary/aromatic N) is 1. The lowest BCUT2D eigenvalue weighted by atomic mass is 9.32. The zero-order valence-corrected chi connectivity index (χ0v) is 17.3. The van der Waals surface area contributed by atoms with E-state index in [4.69, 9.17) is 5.11 Å². The van der Waals surface area contributed by atoms with Gasteiger partial charge in [0.15, 0.2) is 0 Å². The minimum Gasteiger partial charge on any atom is -0.478 e. The van der Waals surface area contributed by atoms with Gasteiger partial charge in [-0.3, -0.25) is 4.90 Å². The first-order valence-corrected chi connectivity index (χ1v) is 10.6. The molecule has 29 heavy (non-hydrogen) atoms. The Hall–Kier alpha value is -2.14. The molecule has 5 heteroatoms. The van der Waals surface area contributed by atoms with Crippen molar-refractivity contribution in [3.8, 4) is 0 Å². The average Bonchev–Trinajstić information content (AvgIpc) is 2.91. The maximum atomic E-state index is 14.8. The number of hydrogen-bond acceptors (Lipinski definition) is 2. The standard InChI is InChI=1S/C24H29FN2O2/c1-15-10-17-16-6-4-5-7-18(16)26-20(17)21(27(15)14-22(2,3)25)24-11-23(12-24,13-24)9-8-19(28)29/h4-9,15,21,26H,10-14H2,1-3H3,(H,28,29)/b9-8+/t15-,21?,23?,24?/m1/s1. The molecule has 4 aliphatic rings. The van der Waals surface area contributed by atoms with E-state index >= 15 is 0 Å². The molecule has 2 atom stereocenters. The van der Waals surface area contributed by atoms with Crippen LogP contribution in [-0.4, -0.2) is 39.2 Å². The lowest BCUT2D eigenvalue weighted by Gasteiger charge is -2.74. The number of fused-ring (bicyclic) bond motifs is 3. The summed E-state index contributed by atoms with van der Waals surface area (Å²) in [7, 11) is 0. The van der Waals surface area contributed by atoms with Crippen molar-refractivity contribution in [3.05, 3.63) is 47.7 Å². The predicted molar refractivity (Wildman–Crippen MR) is 112 cm³/mol. The number of aromatic nitrogens is 1. The van der Waals surface area contributed by atoms with Gasteiger partial charge in [-0.2, -0.15) is 0 Å². The van der Waals surface area contributed by atoms with Crippen LogP contribution in [0.5, 0.6) is 0 Å². The van der Waals surface area contributed by atoms with Crippen molar-refractivity contribution in [1.29, 1.82) is 0 Å². The normalized spacial score (nSPS) is 34.1. The fourth-order valence-electron chi connectivity index (χ4n) is 6.51. The van der Waals surface area contributed by atoms with Gasteiger partial charge in [-0.25, -0.2) is 9.18 Å². The van der Waals surface area contributed by atoms with Gasteiger partial charge in [-0.15, -0.1) is 0 Å². The van der Waals surface area contributed by atoms with Gasteiger partial charge in [-0.1, -0.05) is 24.3 Å². The van der Waals surface area contributed by atoms with E-state index in [1.54, 1.807) is 13.8 Å². The minimum atomic E-state index is -1.26. The summed E-state index contributed by atoms with van der Waals surface area (Å²) in [6.07, 6.45) is 7.06. The number of carboxylic acids is 1. The summed E-state index contributed by atoms with van der Waals surface area (Å²) < 4.78 is 14.8. The summed E-state index contributed by atoms with van der Waals surface area (Å²) in [6.45, 7) is 5.95. The van der Waals surface area contributed by atoms with Crippen LogP contribution in [0.3, 0.4) is 0 Å².